The van der Waals surface area contributed by atoms with Crippen molar-refractivity contribution < 1.29 is 14.1 Å². The van der Waals surface area contributed by atoms with E-state index < -0.39 is 0 Å². The second kappa shape index (κ2) is 6.80. The summed E-state index contributed by atoms with van der Waals surface area (Å²) in [7, 11) is 0. The number of fused-ring (bicyclic) bond motifs is 1. The maximum atomic E-state index is 13.0. The highest BCUT2D eigenvalue weighted by atomic mass is 16.5. The third kappa shape index (κ3) is 3.07. The number of carbonyl (C=O) groups excluding carboxylic acids is 1. The second-order valence-electron chi connectivity index (χ2n) is 7.15. The fraction of sp³-hybridized carbons (Fsp3) is 0.824. The van der Waals surface area contributed by atoms with Crippen molar-refractivity contribution in [3.8, 4) is 0 Å². The number of morpholine rings is 1. The van der Waals surface area contributed by atoms with Crippen LogP contribution >= 0.6 is 0 Å². The zero-order valence-corrected chi connectivity index (χ0v) is 14.3. The van der Waals surface area contributed by atoms with Gasteiger partial charge in [-0.25, -0.2) is 0 Å². The summed E-state index contributed by atoms with van der Waals surface area (Å²) < 4.78 is 11.0. The van der Waals surface area contributed by atoms with E-state index in [0.29, 0.717) is 19.0 Å². The molecule has 1 aromatic rings. The van der Waals surface area contributed by atoms with E-state index in [9.17, 15) is 4.79 Å². The van der Waals surface area contributed by atoms with Gasteiger partial charge in [-0.15, -0.1) is 0 Å². The number of likely N-dealkylation sites (tertiary alicyclic amines) is 1. The van der Waals surface area contributed by atoms with E-state index >= 15 is 0 Å². The summed E-state index contributed by atoms with van der Waals surface area (Å²) in [5.41, 5.74) is 0. The highest BCUT2D eigenvalue weighted by Crippen LogP contribution is 2.32. The topological polar surface area (TPSA) is 71.7 Å². The highest BCUT2D eigenvalue weighted by Gasteiger charge is 2.38. The Morgan fingerprint density at radius 1 is 1.21 bits per heavy atom. The minimum atomic E-state index is 0.106. The van der Waals surface area contributed by atoms with Gasteiger partial charge < -0.3 is 14.2 Å². The van der Waals surface area contributed by atoms with Crippen LogP contribution in [0.4, 0.5) is 0 Å². The van der Waals surface area contributed by atoms with Crippen LogP contribution in [-0.4, -0.2) is 64.2 Å². The third-order valence-electron chi connectivity index (χ3n) is 5.60. The van der Waals surface area contributed by atoms with Crippen molar-refractivity contribution in [2.24, 2.45) is 0 Å². The third-order valence-corrected chi connectivity index (χ3v) is 5.60. The van der Waals surface area contributed by atoms with E-state index in [2.05, 4.69) is 19.9 Å². The average molecular weight is 334 g/mol. The smallest absolute Gasteiger partial charge is 0.237 e. The molecule has 1 amide bonds. The Morgan fingerprint density at radius 2 is 2.08 bits per heavy atom. The lowest BCUT2D eigenvalue weighted by atomic mass is 9.90. The van der Waals surface area contributed by atoms with Crippen molar-refractivity contribution in [2.45, 2.75) is 63.6 Å². The van der Waals surface area contributed by atoms with Crippen molar-refractivity contribution in [3.63, 3.8) is 0 Å². The van der Waals surface area contributed by atoms with Crippen LogP contribution in [0.25, 0.3) is 0 Å². The first kappa shape index (κ1) is 16.0. The number of hydrogen-bond donors (Lipinski definition) is 0. The molecule has 4 rings (SSSR count). The molecule has 3 atom stereocenters. The number of rotatable bonds is 3. The van der Waals surface area contributed by atoms with Gasteiger partial charge in [0, 0.05) is 13.5 Å². The van der Waals surface area contributed by atoms with E-state index in [-0.39, 0.29) is 24.1 Å². The summed E-state index contributed by atoms with van der Waals surface area (Å²) in [6.45, 7) is 4.56. The van der Waals surface area contributed by atoms with E-state index in [1.54, 1.807) is 6.92 Å². The lowest BCUT2D eigenvalue weighted by molar-refractivity contribution is -0.150. The van der Waals surface area contributed by atoms with Gasteiger partial charge in [-0.1, -0.05) is 18.0 Å². The summed E-state index contributed by atoms with van der Waals surface area (Å²) in [5, 5.41) is 4.06. The fourth-order valence-electron chi connectivity index (χ4n) is 4.43. The van der Waals surface area contributed by atoms with Gasteiger partial charge in [0.05, 0.1) is 31.3 Å². The summed E-state index contributed by atoms with van der Waals surface area (Å²) in [4.78, 5) is 21.6. The fourth-order valence-corrected chi connectivity index (χ4v) is 4.43. The van der Waals surface area contributed by atoms with Gasteiger partial charge in [0.25, 0.3) is 0 Å². The molecule has 3 aliphatic rings. The molecule has 7 nitrogen and oxygen atoms in total. The number of aryl methyl sites for hydroxylation is 1. The molecule has 0 aromatic carbocycles. The standard InChI is InChI=1S/C17H26N4O3/c1-12-18-17(19-24-12)14-6-4-8-20(14)11-16(22)21-9-10-23-15-7-3-2-5-13(15)21/h13-15H,2-11H2,1H3/t13-,14-,15+/m0/s1. The Morgan fingerprint density at radius 3 is 2.92 bits per heavy atom. The van der Waals surface area contributed by atoms with E-state index in [4.69, 9.17) is 9.26 Å². The number of ether oxygens (including phenoxy) is 1. The Balaban J connectivity index is 1.43. The molecule has 1 aliphatic carbocycles. The van der Waals surface area contributed by atoms with Gasteiger partial charge >= 0.3 is 0 Å². The summed E-state index contributed by atoms with van der Waals surface area (Å²) >= 11 is 0. The van der Waals surface area contributed by atoms with Crippen molar-refractivity contribution in [1.82, 2.24) is 19.9 Å². The van der Waals surface area contributed by atoms with E-state index in [0.717, 1.165) is 44.6 Å². The molecule has 0 unspecified atom stereocenters. The molecule has 1 aromatic heterocycles. The van der Waals surface area contributed by atoms with Crippen LogP contribution in [0.1, 0.15) is 56.3 Å². The number of nitrogens with zero attached hydrogens (tertiary/aromatic N) is 4. The number of amides is 1. The molecule has 3 heterocycles. The van der Waals surface area contributed by atoms with Crippen LogP contribution in [0.5, 0.6) is 0 Å². The maximum absolute atomic E-state index is 13.0. The van der Waals surface area contributed by atoms with Gasteiger partial charge in [-0.2, -0.15) is 4.98 Å². The lowest BCUT2D eigenvalue weighted by Crippen LogP contribution is -2.56. The number of aromatic nitrogens is 2. The summed E-state index contributed by atoms with van der Waals surface area (Å²) in [5.74, 6) is 1.53. The molecule has 0 N–H and O–H groups in total. The molecular formula is C17H26N4O3. The predicted molar refractivity (Wildman–Crippen MR) is 86.3 cm³/mol. The second-order valence-corrected chi connectivity index (χ2v) is 7.15. The van der Waals surface area contributed by atoms with Gasteiger partial charge in [-0.3, -0.25) is 9.69 Å². The zero-order chi connectivity index (χ0) is 16.5. The molecule has 132 valence electrons. The van der Waals surface area contributed by atoms with Gasteiger partial charge in [0.15, 0.2) is 5.82 Å². The largest absolute Gasteiger partial charge is 0.374 e. The van der Waals surface area contributed by atoms with Crippen LogP contribution in [0.2, 0.25) is 0 Å². The molecule has 1 saturated carbocycles. The highest BCUT2D eigenvalue weighted by molar-refractivity contribution is 5.79. The van der Waals surface area contributed by atoms with Crippen molar-refractivity contribution in [1.29, 1.82) is 0 Å². The van der Waals surface area contributed by atoms with Crippen LogP contribution in [0.15, 0.2) is 4.52 Å². The molecule has 2 aliphatic heterocycles. The average Bonchev–Trinajstić information content (AvgIpc) is 3.23. The molecule has 2 saturated heterocycles. The quantitative estimate of drug-likeness (QED) is 0.837. The Bertz CT molecular complexity index is 588. The first-order valence-electron chi connectivity index (χ1n) is 9.18. The van der Waals surface area contributed by atoms with E-state index in [1.165, 1.54) is 12.8 Å². The Kier molecular flexibility index (Phi) is 4.54. The Labute approximate surface area is 142 Å². The van der Waals surface area contributed by atoms with Gasteiger partial charge in [-0.05, 0) is 32.2 Å². The number of hydrogen-bond acceptors (Lipinski definition) is 6. The lowest BCUT2D eigenvalue weighted by Gasteiger charge is -2.44. The summed E-state index contributed by atoms with van der Waals surface area (Å²) in [6, 6.07) is 0.378. The summed E-state index contributed by atoms with van der Waals surface area (Å²) in [6.07, 6.45) is 6.87. The molecule has 24 heavy (non-hydrogen) atoms. The Hall–Kier alpha value is -1.47. The SMILES string of the molecule is Cc1nc([C@@H]2CCCN2CC(=O)N2CCO[C@@H]3CCCC[C@@H]32)no1. The van der Waals surface area contributed by atoms with Crippen molar-refractivity contribution in [2.75, 3.05) is 26.2 Å². The van der Waals surface area contributed by atoms with Crippen LogP contribution in [-0.2, 0) is 9.53 Å². The zero-order valence-electron chi connectivity index (χ0n) is 14.3. The minimum Gasteiger partial charge on any atom is -0.374 e. The molecule has 0 radical (unpaired) electrons. The molecule has 0 spiro atoms. The molecular weight excluding hydrogens is 308 g/mol. The van der Waals surface area contributed by atoms with Crippen LogP contribution < -0.4 is 0 Å². The van der Waals surface area contributed by atoms with Crippen LogP contribution in [0, 0.1) is 6.92 Å². The monoisotopic (exact) mass is 334 g/mol. The van der Waals surface area contributed by atoms with Crippen LogP contribution in [0.3, 0.4) is 0 Å². The van der Waals surface area contributed by atoms with Gasteiger partial charge in [0.2, 0.25) is 11.8 Å². The normalized spacial score (nSPS) is 31.2. The minimum absolute atomic E-state index is 0.106. The van der Waals surface area contributed by atoms with Crippen molar-refractivity contribution in [3.05, 3.63) is 11.7 Å². The molecule has 0 bridgehead atoms. The predicted octanol–water partition coefficient (Wildman–Crippen LogP) is 1.68. The van der Waals surface area contributed by atoms with Crippen molar-refractivity contribution >= 4 is 5.91 Å². The molecule has 7 heteroatoms. The molecule has 3 fully saturated rings. The first-order chi connectivity index (χ1) is 11.7. The van der Waals surface area contributed by atoms with E-state index in [1.807, 2.05) is 0 Å². The number of carbonyl (C=O) groups is 1. The van der Waals surface area contributed by atoms with Gasteiger partial charge in [0.1, 0.15) is 0 Å². The maximum Gasteiger partial charge on any atom is 0.237 e. The first-order valence-corrected chi connectivity index (χ1v) is 9.18.